The van der Waals surface area contributed by atoms with Crippen molar-refractivity contribution in [3.05, 3.63) is 0 Å². The topological polar surface area (TPSA) is 24.5 Å². The van der Waals surface area contributed by atoms with Crippen LogP contribution >= 0.6 is 0 Å². The lowest BCUT2D eigenvalue weighted by atomic mass is 9.95. The van der Waals surface area contributed by atoms with Crippen molar-refractivity contribution >= 4 is 0 Å². The summed E-state index contributed by atoms with van der Waals surface area (Å²) in [6.07, 6.45) is 5.31. The van der Waals surface area contributed by atoms with Crippen molar-refractivity contribution in [1.82, 2.24) is 10.2 Å². The van der Waals surface area contributed by atoms with Gasteiger partial charge in [-0.15, -0.1) is 0 Å². The highest BCUT2D eigenvalue weighted by molar-refractivity contribution is 4.78. The Bertz CT molecular complexity index is 175. The van der Waals surface area contributed by atoms with Crippen LogP contribution in [-0.4, -0.2) is 50.8 Å². The lowest BCUT2D eigenvalue weighted by molar-refractivity contribution is 0.123. The lowest BCUT2D eigenvalue weighted by Crippen LogP contribution is -2.42. The molecule has 0 radical (unpaired) electrons. The monoisotopic (exact) mass is 242 g/mol. The normalized spacial score (nSPS) is 19.1. The Morgan fingerprint density at radius 1 is 1.24 bits per heavy atom. The van der Waals surface area contributed by atoms with E-state index in [1.165, 1.54) is 45.3 Å². The van der Waals surface area contributed by atoms with Crippen molar-refractivity contribution < 1.29 is 4.74 Å². The molecule has 17 heavy (non-hydrogen) atoms. The van der Waals surface area contributed by atoms with Gasteiger partial charge in [-0.3, -0.25) is 0 Å². The summed E-state index contributed by atoms with van der Waals surface area (Å²) in [6, 6.07) is 0.817. The third-order valence-electron chi connectivity index (χ3n) is 4.02. The molecule has 0 atom stereocenters. The number of piperidine rings is 1. The first kappa shape index (κ1) is 14.9. The summed E-state index contributed by atoms with van der Waals surface area (Å²) in [5.74, 6) is 0.873. The van der Waals surface area contributed by atoms with E-state index in [2.05, 4.69) is 24.1 Å². The maximum Gasteiger partial charge on any atom is 0.0587 e. The van der Waals surface area contributed by atoms with Crippen LogP contribution in [0.25, 0.3) is 0 Å². The number of nitrogens with one attached hydrogen (secondary N) is 1. The third-order valence-corrected chi connectivity index (χ3v) is 4.02. The molecule has 0 aromatic heterocycles. The van der Waals surface area contributed by atoms with E-state index in [0.29, 0.717) is 0 Å². The van der Waals surface area contributed by atoms with Crippen molar-refractivity contribution in [2.24, 2.45) is 5.92 Å². The second-order valence-electron chi connectivity index (χ2n) is 5.15. The van der Waals surface area contributed by atoms with Crippen molar-refractivity contribution in [2.75, 3.05) is 39.9 Å². The highest BCUT2D eigenvalue weighted by Crippen LogP contribution is 2.20. The summed E-state index contributed by atoms with van der Waals surface area (Å²) in [5.41, 5.74) is 0. The summed E-state index contributed by atoms with van der Waals surface area (Å²) in [6.45, 7) is 10.2. The zero-order valence-corrected chi connectivity index (χ0v) is 11.9. The van der Waals surface area contributed by atoms with Gasteiger partial charge in [0.2, 0.25) is 0 Å². The zero-order chi connectivity index (χ0) is 12.5. The highest BCUT2D eigenvalue weighted by Gasteiger charge is 2.22. The minimum atomic E-state index is 0.817. The van der Waals surface area contributed by atoms with Crippen LogP contribution in [0.15, 0.2) is 0 Å². The van der Waals surface area contributed by atoms with E-state index in [4.69, 9.17) is 4.74 Å². The van der Waals surface area contributed by atoms with Gasteiger partial charge < -0.3 is 15.0 Å². The van der Waals surface area contributed by atoms with E-state index in [0.717, 1.165) is 25.1 Å². The number of methoxy groups -OCH3 is 1. The molecule has 1 fully saturated rings. The van der Waals surface area contributed by atoms with Gasteiger partial charge in [0.1, 0.15) is 0 Å². The molecule has 3 nitrogen and oxygen atoms in total. The Labute approximate surface area is 107 Å². The number of ether oxygens (including phenoxy) is 1. The summed E-state index contributed by atoms with van der Waals surface area (Å²) in [5, 5.41) is 3.48. The molecule has 1 aliphatic heterocycles. The lowest BCUT2D eigenvalue weighted by Gasteiger charge is -2.37. The molecule has 1 saturated heterocycles. The first-order chi connectivity index (χ1) is 8.31. The SMILES string of the molecule is CCC(CC)N1CCC(CNCCOC)CC1. The Balaban J connectivity index is 2.12. The number of nitrogens with zero attached hydrogens (tertiary/aromatic N) is 1. The van der Waals surface area contributed by atoms with Crippen LogP contribution < -0.4 is 5.32 Å². The number of likely N-dealkylation sites (tertiary alicyclic amines) is 1. The van der Waals surface area contributed by atoms with Gasteiger partial charge in [-0.2, -0.15) is 0 Å². The van der Waals surface area contributed by atoms with Gasteiger partial charge in [0.15, 0.2) is 0 Å². The largest absolute Gasteiger partial charge is 0.383 e. The van der Waals surface area contributed by atoms with E-state index < -0.39 is 0 Å². The summed E-state index contributed by atoms with van der Waals surface area (Å²) in [4.78, 5) is 2.69. The average Bonchev–Trinajstić information content (AvgIpc) is 2.38. The first-order valence-corrected chi connectivity index (χ1v) is 7.25. The van der Waals surface area contributed by atoms with Gasteiger partial charge in [-0.1, -0.05) is 13.8 Å². The first-order valence-electron chi connectivity index (χ1n) is 7.25. The van der Waals surface area contributed by atoms with Gasteiger partial charge in [-0.25, -0.2) is 0 Å². The molecule has 0 spiro atoms. The summed E-state index contributed by atoms with van der Waals surface area (Å²) < 4.78 is 5.04. The molecule has 102 valence electrons. The molecule has 1 N–H and O–H groups in total. The van der Waals surface area contributed by atoms with Crippen molar-refractivity contribution in [2.45, 2.75) is 45.6 Å². The fourth-order valence-corrected chi connectivity index (χ4v) is 2.81. The molecule has 1 aliphatic rings. The van der Waals surface area contributed by atoms with E-state index in [1.807, 2.05) is 0 Å². The maximum atomic E-state index is 5.04. The Morgan fingerprint density at radius 2 is 1.88 bits per heavy atom. The quantitative estimate of drug-likeness (QED) is 0.660. The molecule has 0 aromatic rings. The molecule has 0 bridgehead atoms. The van der Waals surface area contributed by atoms with Crippen LogP contribution in [0, 0.1) is 5.92 Å². The highest BCUT2D eigenvalue weighted by atomic mass is 16.5. The predicted molar refractivity (Wildman–Crippen MR) is 73.4 cm³/mol. The van der Waals surface area contributed by atoms with E-state index in [9.17, 15) is 0 Å². The fraction of sp³-hybridized carbons (Fsp3) is 1.00. The van der Waals surface area contributed by atoms with Crippen LogP contribution in [0.5, 0.6) is 0 Å². The summed E-state index contributed by atoms with van der Waals surface area (Å²) in [7, 11) is 1.76. The maximum absolute atomic E-state index is 5.04. The number of hydrogen-bond donors (Lipinski definition) is 1. The fourth-order valence-electron chi connectivity index (χ4n) is 2.81. The minimum Gasteiger partial charge on any atom is -0.383 e. The smallest absolute Gasteiger partial charge is 0.0587 e. The molecular weight excluding hydrogens is 212 g/mol. The average molecular weight is 242 g/mol. The van der Waals surface area contributed by atoms with Crippen molar-refractivity contribution in [1.29, 1.82) is 0 Å². The van der Waals surface area contributed by atoms with Gasteiger partial charge >= 0.3 is 0 Å². The van der Waals surface area contributed by atoms with Crippen molar-refractivity contribution in [3.8, 4) is 0 Å². The van der Waals surface area contributed by atoms with Gasteiger partial charge in [0.25, 0.3) is 0 Å². The second-order valence-corrected chi connectivity index (χ2v) is 5.15. The predicted octanol–water partition coefficient (Wildman–Crippen LogP) is 2.12. The molecule has 0 amide bonds. The number of hydrogen-bond acceptors (Lipinski definition) is 3. The van der Waals surface area contributed by atoms with Crippen LogP contribution in [0.2, 0.25) is 0 Å². The molecule has 3 heteroatoms. The minimum absolute atomic E-state index is 0.817. The number of rotatable bonds is 8. The molecular formula is C14H30N2O. The summed E-state index contributed by atoms with van der Waals surface area (Å²) >= 11 is 0. The van der Waals surface area contributed by atoms with Crippen molar-refractivity contribution in [3.63, 3.8) is 0 Å². The molecule has 0 unspecified atom stereocenters. The third kappa shape index (κ3) is 5.36. The molecule has 0 saturated carbocycles. The molecule has 0 aliphatic carbocycles. The van der Waals surface area contributed by atoms with E-state index in [-0.39, 0.29) is 0 Å². The van der Waals surface area contributed by atoms with E-state index in [1.54, 1.807) is 7.11 Å². The molecule has 0 aromatic carbocycles. The van der Waals surface area contributed by atoms with E-state index >= 15 is 0 Å². The Morgan fingerprint density at radius 3 is 2.41 bits per heavy atom. The Hall–Kier alpha value is -0.120. The standard InChI is InChI=1S/C14H30N2O/c1-4-14(5-2)16-9-6-13(7-10-16)12-15-8-11-17-3/h13-15H,4-12H2,1-3H3. The van der Waals surface area contributed by atoms with Gasteiger partial charge in [0, 0.05) is 19.7 Å². The zero-order valence-electron chi connectivity index (χ0n) is 11.9. The van der Waals surface area contributed by atoms with Gasteiger partial charge in [-0.05, 0) is 51.2 Å². The molecule has 1 heterocycles. The van der Waals surface area contributed by atoms with Crippen LogP contribution in [-0.2, 0) is 4.74 Å². The Kier molecular flexibility index (Phi) is 7.82. The molecule has 1 rings (SSSR count). The van der Waals surface area contributed by atoms with Gasteiger partial charge in [0.05, 0.1) is 6.61 Å². The van der Waals surface area contributed by atoms with Crippen LogP contribution in [0.1, 0.15) is 39.5 Å². The van der Waals surface area contributed by atoms with Crippen LogP contribution in [0.4, 0.5) is 0 Å². The van der Waals surface area contributed by atoms with Crippen LogP contribution in [0.3, 0.4) is 0 Å². The second kappa shape index (κ2) is 8.90.